The van der Waals surface area contributed by atoms with Crippen molar-refractivity contribution >= 4 is 11.6 Å². The van der Waals surface area contributed by atoms with Crippen LogP contribution in [0.1, 0.15) is 51.0 Å². The van der Waals surface area contributed by atoms with E-state index in [1.165, 1.54) is 31.2 Å². The minimum atomic E-state index is -0.179. The molecule has 5 aliphatic rings. The molecule has 1 aliphatic carbocycles. The zero-order chi connectivity index (χ0) is 16.9. The van der Waals surface area contributed by atoms with Crippen LogP contribution in [-0.2, 0) is 14.9 Å². The lowest BCUT2D eigenvalue weighted by atomic mass is 9.50. The Labute approximate surface area is 149 Å². The molecule has 1 aromatic rings. The van der Waals surface area contributed by atoms with Crippen molar-refractivity contribution in [3.8, 4) is 0 Å². The van der Waals surface area contributed by atoms with Crippen LogP contribution in [0.15, 0.2) is 24.3 Å². The predicted molar refractivity (Wildman–Crippen MR) is 95.5 cm³/mol. The van der Waals surface area contributed by atoms with Gasteiger partial charge in [0.1, 0.15) is 5.72 Å². The molecule has 6 rings (SSSR count). The number of ether oxygens (including phenoxy) is 1. The van der Waals surface area contributed by atoms with Crippen LogP contribution in [0.3, 0.4) is 0 Å². The topological polar surface area (TPSA) is 32.8 Å². The number of rotatable bonds is 0. The Hall–Kier alpha value is -1.39. The highest BCUT2D eigenvalue weighted by Crippen LogP contribution is 2.73. The summed E-state index contributed by atoms with van der Waals surface area (Å²) in [5, 5.41) is 0. The van der Waals surface area contributed by atoms with E-state index in [0.29, 0.717) is 0 Å². The van der Waals surface area contributed by atoms with Gasteiger partial charge >= 0.3 is 0 Å². The third kappa shape index (κ3) is 1.34. The largest absolute Gasteiger partial charge is 0.359 e. The lowest BCUT2D eigenvalue weighted by Gasteiger charge is -2.62. The van der Waals surface area contributed by atoms with Gasteiger partial charge in [0.2, 0.25) is 5.91 Å². The molecule has 132 valence electrons. The minimum absolute atomic E-state index is 0.0373. The minimum Gasteiger partial charge on any atom is -0.359 e. The molecule has 0 aromatic heterocycles. The Morgan fingerprint density at radius 3 is 2.92 bits per heavy atom. The van der Waals surface area contributed by atoms with E-state index < -0.39 is 0 Å². The van der Waals surface area contributed by atoms with Gasteiger partial charge in [0.05, 0.1) is 11.5 Å². The van der Waals surface area contributed by atoms with Crippen molar-refractivity contribution in [3.05, 3.63) is 29.8 Å². The molecule has 4 heteroatoms. The standard InChI is InChI=1S/C21H26N2O2/c1-15(24)23-17-6-3-2-5-16(17)20-10-13-22-12-4-8-19(9-7-18(20)23)11-14-25-21(19,20)22/h2-3,5-6,18H,4,7-14H2,1H3/t18-,19-,20-,21+/m1/s1. The van der Waals surface area contributed by atoms with E-state index in [1.54, 1.807) is 6.92 Å². The Morgan fingerprint density at radius 1 is 1.16 bits per heavy atom. The van der Waals surface area contributed by atoms with E-state index in [4.69, 9.17) is 4.74 Å². The van der Waals surface area contributed by atoms with Gasteiger partial charge in [0.25, 0.3) is 0 Å². The van der Waals surface area contributed by atoms with Gasteiger partial charge in [-0.05, 0) is 50.2 Å². The smallest absolute Gasteiger partial charge is 0.224 e. The van der Waals surface area contributed by atoms with Gasteiger partial charge in [-0.2, -0.15) is 0 Å². The maximum absolute atomic E-state index is 12.7. The van der Waals surface area contributed by atoms with E-state index in [0.717, 1.165) is 38.2 Å². The number of carbonyl (C=O) groups is 1. The number of piperidine rings is 1. The van der Waals surface area contributed by atoms with Gasteiger partial charge in [-0.1, -0.05) is 18.2 Å². The highest BCUT2D eigenvalue weighted by molar-refractivity contribution is 5.96. The fourth-order valence-electron chi connectivity index (χ4n) is 7.77. The second-order valence-electron chi connectivity index (χ2n) is 8.80. The van der Waals surface area contributed by atoms with Crippen molar-refractivity contribution in [2.45, 2.75) is 62.6 Å². The normalized spacial score (nSPS) is 44.2. The second kappa shape index (κ2) is 4.47. The van der Waals surface area contributed by atoms with Crippen LogP contribution < -0.4 is 4.90 Å². The van der Waals surface area contributed by atoms with Gasteiger partial charge in [-0.25, -0.2) is 0 Å². The first-order valence-electron chi connectivity index (χ1n) is 9.95. The number of para-hydroxylation sites is 1. The molecule has 25 heavy (non-hydrogen) atoms. The van der Waals surface area contributed by atoms with E-state index in [1.807, 2.05) is 0 Å². The average molecular weight is 338 g/mol. The summed E-state index contributed by atoms with van der Waals surface area (Å²) in [7, 11) is 0. The summed E-state index contributed by atoms with van der Waals surface area (Å²) in [4.78, 5) is 17.5. The summed E-state index contributed by atoms with van der Waals surface area (Å²) in [6, 6.07) is 8.94. The first-order valence-corrected chi connectivity index (χ1v) is 9.95. The number of carbonyl (C=O) groups excluding carboxylic acids is 1. The first-order chi connectivity index (χ1) is 12.2. The Balaban J connectivity index is 1.67. The summed E-state index contributed by atoms with van der Waals surface area (Å²) in [5.41, 5.74) is 2.60. The van der Waals surface area contributed by atoms with Crippen molar-refractivity contribution in [3.63, 3.8) is 0 Å². The van der Waals surface area contributed by atoms with E-state index in [2.05, 4.69) is 34.1 Å². The van der Waals surface area contributed by atoms with Gasteiger partial charge < -0.3 is 9.64 Å². The quantitative estimate of drug-likeness (QED) is 0.729. The number of benzene rings is 1. The van der Waals surface area contributed by atoms with Crippen LogP contribution in [-0.4, -0.2) is 42.3 Å². The number of amides is 1. The molecule has 4 fully saturated rings. The van der Waals surface area contributed by atoms with Crippen molar-refractivity contribution in [1.82, 2.24) is 4.90 Å². The Bertz CT molecular complexity index is 779. The van der Waals surface area contributed by atoms with Crippen LogP contribution in [0.25, 0.3) is 0 Å². The lowest BCUT2D eigenvalue weighted by molar-refractivity contribution is -0.232. The maximum Gasteiger partial charge on any atom is 0.224 e. The van der Waals surface area contributed by atoms with Crippen LogP contribution in [0.2, 0.25) is 0 Å². The maximum atomic E-state index is 12.7. The van der Waals surface area contributed by atoms with Crippen molar-refractivity contribution in [1.29, 1.82) is 0 Å². The summed E-state index contributed by atoms with van der Waals surface area (Å²) in [6.45, 7) is 4.88. The summed E-state index contributed by atoms with van der Waals surface area (Å²) < 4.78 is 6.80. The highest BCUT2D eigenvalue weighted by Gasteiger charge is 2.79. The summed E-state index contributed by atoms with van der Waals surface area (Å²) in [6.07, 6.45) is 7.23. The SMILES string of the molecule is CC(=O)N1c2ccccc2[C@@]23CCN4CCC[C@]5(CCO[C@@]452)CC[C@@H]13. The van der Waals surface area contributed by atoms with E-state index in [-0.39, 0.29) is 28.5 Å². The van der Waals surface area contributed by atoms with E-state index >= 15 is 0 Å². The Morgan fingerprint density at radius 2 is 2.04 bits per heavy atom. The van der Waals surface area contributed by atoms with Gasteiger partial charge in [-0.3, -0.25) is 9.69 Å². The zero-order valence-electron chi connectivity index (χ0n) is 15.0. The Kier molecular flexibility index (Phi) is 2.64. The molecule has 0 unspecified atom stereocenters. The summed E-state index contributed by atoms with van der Waals surface area (Å²) >= 11 is 0. The fraction of sp³-hybridized carbons (Fsp3) is 0.667. The van der Waals surface area contributed by atoms with Crippen LogP contribution in [0.5, 0.6) is 0 Å². The predicted octanol–water partition coefficient (Wildman–Crippen LogP) is 3.06. The number of hydrogen-bond donors (Lipinski definition) is 0. The number of anilines is 1. The molecule has 1 amide bonds. The molecule has 0 bridgehead atoms. The molecular formula is C21H26N2O2. The fourth-order valence-corrected chi connectivity index (χ4v) is 7.77. The molecule has 1 aromatic carbocycles. The van der Waals surface area contributed by atoms with Crippen molar-refractivity contribution < 1.29 is 9.53 Å². The lowest BCUT2D eigenvalue weighted by Crippen LogP contribution is -2.73. The number of hydrogen-bond acceptors (Lipinski definition) is 3. The molecule has 4 nitrogen and oxygen atoms in total. The molecular weight excluding hydrogens is 312 g/mol. The third-order valence-electron chi connectivity index (χ3n) is 8.28. The highest BCUT2D eigenvalue weighted by atomic mass is 16.5. The number of fused-ring (bicyclic) bond motifs is 1. The zero-order valence-corrected chi connectivity index (χ0v) is 15.0. The van der Waals surface area contributed by atoms with Crippen molar-refractivity contribution in [2.24, 2.45) is 5.41 Å². The molecule has 2 spiro atoms. The molecule has 3 saturated heterocycles. The van der Waals surface area contributed by atoms with Crippen LogP contribution in [0.4, 0.5) is 5.69 Å². The molecule has 1 saturated carbocycles. The monoisotopic (exact) mass is 338 g/mol. The third-order valence-corrected chi connectivity index (χ3v) is 8.28. The number of nitrogens with zero attached hydrogens (tertiary/aromatic N) is 2. The first kappa shape index (κ1) is 14.7. The molecule has 0 radical (unpaired) electrons. The molecule has 4 aliphatic heterocycles. The average Bonchev–Trinajstić information content (AvgIpc) is 3.25. The molecule has 4 atom stereocenters. The van der Waals surface area contributed by atoms with Gasteiger partial charge in [0, 0.05) is 37.7 Å². The molecule has 4 heterocycles. The molecule has 0 N–H and O–H groups in total. The van der Waals surface area contributed by atoms with Crippen molar-refractivity contribution in [2.75, 3.05) is 24.6 Å². The van der Waals surface area contributed by atoms with Gasteiger partial charge in [-0.15, -0.1) is 0 Å². The second-order valence-corrected chi connectivity index (χ2v) is 8.80. The van der Waals surface area contributed by atoms with Gasteiger partial charge in [0.15, 0.2) is 0 Å². The van der Waals surface area contributed by atoms with E-state index in [9.17, 15) is 4.79 Å². The van der Waals surface area contributed by atoms with Crippen LogP contribution >= 0.6 is 0 Å². The summed E-state index contributed by atoms with van der Waals surface area (Å²) in [5.74, 6) is 0.186. The van der Waals surface area contributed by atoms with Crippen LogP contribution in [0, 0.1) is 5.41 Å².